The first kappa shape index (κ1) is 24.8. The van der Waals surface area contributed by atoms with Crippen molar-refractivity contribution in [3.05, 3.63) is 70.3 Å². The molecule has 3 aliphatic rings. The number of fused-ring (bicyclic) bond motifs is 4. The standard InChI is InChI=1S/C29H33NO6/c1-16-9-11-19-18(13-16)10-12-21-24(19)26(31)20-7-6-8-22(25(20)27(21)32)30-29(3)14-23(34-5)36-17(2)28(29)35-15-33-4/h6-13,17,21,23-24,28,30H,14-15H2,1-5H3/t17-,21?,23+,24?,28-,29+/m0/s1. The first-order valence-electron chi connectivity index (χ1n) is 12.3. The minimum Gasteiger partial charge on any atom is -0.376 e. The SMILES string of the molecule is COCO[C@H]1[C@H](C)O[C@@H](OC)C[C@@]1(C)Nc1cccc2c1C(=O)C1C=Cc3cc(C)ccc3C1C2=O. The molecule has 6 atom stereocenters. The molecule has 1 N–H and O–H groups in total. The third-order valence-corrected chi connectivity index (χ3v) is 7.64. The van der Waals surface area contributed by atoms with Crippen LogP contribution in [0, 0.1) is 12.8 Å². The zero-order chi connectivity index (χ0) is 25.6. The molecule has 0 saturated carbocycles. The lowest BCUT2D eigenvalue weighted by Crippen LogP contribution is -2.60. The van der Waals surface area contributed by atoms with E-state index in [0.29, 0.717) is 23.2 Å². The molecule has 1 heterocycles. The number of carbonyl (C=O) groups is 2. The van der Waals surface area contributed by atoms with Crippen molar-refractivity contribution in [3.8, 4) is 0 Å². The van der Waals surface area contributed by atoms with Gasteiger partial charge in [0.2, 0.25) is 0 Å². The molecule has 0 aromatic heterocycles. The van der Waals surface area contributed by atoms with Crippen molar-refractivity contribution in [2.45, 2.75) is 57.1 Å². The van der Waals surface area contributed by atoms with Gasteiger partial charge in [-0.15, -0.1) is 0 Å². The van der Waals surface area contributed by atoms with Gasteiger partial charge >= 0.3 is 0 Å². The van der Waals surface area contributed by atoms with Crippen LogP contribution in [0.4, 0.5) is 5.69 Å². The molecule has 2 unspecified atom stereocenters. The van der Waals surface area contributed by atoms with Crippen LogP contribution < -0.4 is 5.32 Å². The van der Waals surface area contributed by atoms with E-state index in [9.17, 15) is 9.59 Å². The number of methoxy groups -OCH3 is 2. The highest BCUT2D eigenvalue weighted by Gasteiger charge is 2.49. The van der Waals surface area contributed by atoms with Crippen molar-refractivity contribution in [3.63, 3.8) is 0 Å². The molecule has 7 nitrogen and oxygen atoms in total. The Kier molecular flexibility index (Phi) is 6.59. The summed E-state index contributed by atoms with van der Waals surface area (Å²) in [4.78, 5) is 27.8. The van der Waals surface area contributed by atoms with Crippen LogP contribution >= 0.6 is 0 Å². The van der Waals surface area contributed by atoms with Crippen LogP contribution in [0.2, 0.25) is 0 Å². The van der Waals surface area contributed by atoms with Gasteiger partial charge in [-0.25, -0.2) is 0 Å². The number of ketones is 2. The van der Waals surface area contributed by atoms with Crippen LogP contribution in [0.5, 0.6) is 0 Å². The number of benzene rings is 2. The molecule has 2 aromatic rings. The third-order valence-electron chi connectivity index (χ3n) is 7.64. The number of Topliss-reactive ketones (excluding diaryl/α,β-unsaturated/α-hetero) is 2. The molecule has 7 heteroatoms. The zero-order valence-electron chi connectivity index (χ0n) is 21.4. The summed E-state index contributed by atoms with van der Waals surface area (Å²) in [5.74, 6) is -1.12. The fraction of sp³-hybridized carbons (Fsp3) is 0.448. The van der Waals surface area contributed by atoms with Crippen molar-refractivity contribution in [2.75, 3.05) is 26.3 Å². The van der Waals surface area contributed by atoms with Crippen molar-refractivity contribution in [1.82, 2.24) is 0 Å². The normalized spacial score (nSPS) is 31.0. The summed E-state index contributed by atoms with van der Waals surface area (Å²) >= 11 is 0. The number of nitrogens with one attached hydrogen (secondary N) is 1. The lowest BCUT2D eigenvalue weighted by Gasteiger charge is -2.48. The van der Waals surface area contributed by atoms with Gasteiger partial charge in [-0.1, -0.05) is 48.0 Å². The minimum atomic E-state index is -0.654. The number of aryl methyl sites for hydroxylation is 1. The molecule has 36 heavy (non-hydrogen) atoms. The highest BCUT2D eigenvalue weighted by Crippen LogP contribution is 2.45. The number of carbonyl (C=O) groups excluding carboxylic acids is 2. The van der Waals surface area contributed by atoms with Crippen LogP contribution in [0.1, 0.15) is 63.6 Å². The van der Waals surface area contributed by atoms with Gasteiger partial charge in [-0.3, -0.25) is 9.59 Å². The van der Waals surface area contributed by atoms with E-state index in [4.69, 9.17) is 18.9 Å². The number of allylic oxidation sites excluding steroid dienone is 1. The van der Waals surface area contributed by atoms with E-state index in [2.05, 4.69) is 11.4 Å². The molecule has 0 spiro atoms. The molecule has 1 fully saturated rings. The lowest BCUT2D eigenvalue weighted by atomic mass is 9.67. The Morgan fingerprint density at radius 2 is 1.94 bits per heavy atom. The number of hydrogen-bond donors (Lipinski definition) is 1. The molecule has 5 rings (SSSR count). The van der Waals surface area contributed by atoms with Gasteiger partial charge < -0.3 is 24.3 Å². The second-order valence-corrected chi connectivity index (χ2v) is 10.2. The topological polar surface area (TPSA) is 83.1 Å². The Balaban J connectivity index is 1.54. The first-order chi connectivity index (χ1) is 17.3. The van der Waals surface area contributed by atoms with E-state index >= 15 is 0 Å². The summed E-state index contributed by atoms with van der Waals surface area (Å²) in [7, 11) is 3.18. The van der Waals surface area contributed by atoms with Crippen molar-refractivity contribution < 1.29 is 28.5 Å². The maximum atomic E-state index is 13.9. The van der Waals surface area contributed by atoms with Gasteiger partial charge in [-0.05, 0) is 38.0 Å². The van der Waals surface area contributed by atoms with Crippen LogP contribution in [0.25, 0.3) is 6.08 Å². The predicted molar refractivity (Wildman–Crippen MR) is 136 cm³/mol. The van der Waals surface area contributed by atoms with Crippen LogP contribution in [0.15, 0.2) is 42.5 Å². The van der Waals surface area contributed by atoms with Gasteiger partial charge in [-0.2, -0.15) is 0 Å². The fourth-order valence-electron chi connectivity index (χ4n) is 6.01. The Bertz CT molecular complexity index is 1220. The van der Waals surface area contributed by atoms with E-state index in [-0.39, 0.29) is 30.6 Å². The molecule has 0 bridgehead atoms. The van der Waals surface area contributed by atoms with Gasteiger partial charge in [0.15, 0.2) is 17.9 Å². The van der Waals surface area contributed by atoms with Gasteiger partial charge in [0, 0.05) is 31.9 Å². The fourth-order valence-corrected chi connectivity index (χ4v) is 6.01. The molecule has 190 valence electrons. The van der Waals surface area contributed by atoms with Crippen molar-refractivity contribution in [1.29, 1.82) is 0 Å². The Labute approximate surface area is 211 Å². The maximum absolute atomic E-state index is 13.9. The molecule has 2 aliphatic carbocycles. The van der Waals surface area contributed by atoms with Crippen LogP contribution in [-0.4, -0.2) is 56.6 Å². The summed E-state index contributed by atoms with van der Waals surface area (Å²) in [6, 6.07) is 11.5. The average molecular weight is 492 g/mol. The number of hydrogen-bond acceptors (Lipinski definition) is 7. The molecular weight excluding hydrogens is 458 g/mol. The summed E-state index contributed by atoms with van der Waals surface area (Å²) in [5.41, 5.74) is 3.89. The van der Waals surface area contributed by atoms with Gasteiger partial charge in [0.1, 0.15) is 12.9 Å². The molecule has 2 aromatic carbocycles. The van der Waals surface area contributed by atoms with Crippen molar-refractivity contribution >= 4 is 23.3 Å². The molecule has 1 saturated heterocycles. The summed E-state index contributed by atoms with van der Waals surface area (Å²) in [5, 5.41) is 3.57. The highest BCUT2D eigenvalue weighted by molar-refractivity contribution is 6.21. The Hall–Kier alpha value is -2.84. The smallest absolute Gasteiger partial charge is 0.173 e. The largest absolute Gasteiger partial charge is 0.376 e. The van der Waals surface area contributed by atoms with Crippen molar-refractivity contribution in [2.24, 2.45) is 5.92 Å². The zero-order valence-corrected chi connectivity index (χ0v) is 21.4. The maximum Gasteiger partial charge on any atom is 0.173 e. The quantitative estimate of drug-likeness (QED) is 0.585. The van der Waals surface area contributed by atoms with Gasteiger partial charge in [0.05, 0.1) is 29.0 Å². The van der Waals surface area contributed by atoms with E-state index in [0.717, 1.165) is 16.7 Å². The summed E-state index contributed by atoms with van der Waals surface area (Å²) < 4.78 is 22.7. The third kappa shape index (κ3) is 4.10. The molecule has 1 aliphatic heterocycles. The Morgan fingerprint density at radius 1 is 1.14 bits per heavy atom. The van der Waals surface area contributed by atoms with Crippen LogP contribution in [-0.2, 0) is 18.9 Å². The molecule has 0 amide bonds. The van der Waals surface area contributed by atoms with E-state index < -0.39 is 23.7 Å². The first-order valence-corrected chi connectivity index (χ1v) is 12.3. The second kappa shape index (κ2) is 9.56. The molecular formula is C29H33NO6. The minimum absolute atomic E-state index is 0.0276. The monoisotopic (exact) mass is 491 g/mol. The molecule has 0 radical (unpaired) electrons. The second-order valence-electron chi connectivity index (χ2n) is 10.2. The average Bonchev–Trinajstić information content (AvgIpc) is 2.85. The summed E-state index contributed by atoms with van der Waals surface area (Å²) in [6.07, 6.45) is 3.21. The Morgan fingerprint density at radius 3 is 2.69 bits per heavy atom. The highest BCUT2D eigenvalue weighted by atomic mass is 16.7. The number of anilines is 1. The van der Waals surface area contributed by atoms with E-state index in [1.165, 1.54) is 0 Å². The number of ether oxygens (including phenoxy) is 4. The van der Waals surface area contributed by atoms with Gasteiger partial charge in [0.25, 0.3) is 0 Å². The number of rotatable bonds is 6. The van der Waals surface area contributed by atoms with E-state index in [1.807, 2.05) is 57.2 Å². The summed E-state index contributed by atoms with van der Waals surface area (Å²) in [6.45, 7) is 6.08. The van der Waals surface area contributed by atoms with Crippen LogP contribution in [0.3, 0.4) is 0 Å². The lowest BCUT2D eigenvalue weighted by molar-refractivity contribution is -0.246. The predicted octanol–water partition coefficient (Wildman–Crippen LogP) is 4.74. The van der Waals surface area contributed by atoms with E-state index in [1.54, 1.807) is 20.3 Å².